The van der Waals surface area contributed by atoms with E-state index in [9.17, 15) is 0 Å². The maximum absolute atomic E-state index is 4.66. The van der Waals surface area contributed by atoms with E-state index in [2.05, 4.69) is 9.47 Å². The Bertz CT molecular complexity index is 21.7. The smallest absolute Gasteiger partial charge is 0.187 e. The summed E-state index contributed by atoms with van der Waals surface area (Å²) in [4.78, 5) is 0. The quantitative estimate of drug-likeness (QED) is 0.355. The van der Waals surface area contributed by atoms with Crippen LogP contribution in [0.25, 0.3) is 0 Å². The van der Waals surface area contributed by atoms with Crippen LogP contribution in [-0.4, -0.2) is 44.8 Å². The van der Waals surface area contributed by atoms with Gasteiger partial charge in [-0.25, -0.2) is 0 Å². The van der Waals surface area contributed by atoms with E-state index in [1.165, 1.54) is 0 Å². The monoisotopic (exact) mass is 120 g/mol. The molecule has 0 fully saturated rings. The maximum Gasteiger partial charge on any atom is 0.187 e. The molecule has 0 aromatic carbocycles. The lowest BCUT2D eigenvalue weighted by Gasteiger charge is -1.91. The highest BCUT2D eigenvalue weighted by molar-refractivity contribution is 5.75. The molecule has 3 heteroatoms. The average molecular weight is 120 g/mol. The number of rotatable bonds is 3. The van der Waals surface area contributed by atoms with Crippen molar-refractivity contribution in [1.29, 1.82) is 0 Å². The predicted molar refractivity (Wildman–Crippen MR) is 33.7 cm³/mol. The number of hydrogen-bond acceptors (Lipinski definition) is 2. The summed E-state index contributed by atoms with van der Waals surface area (Å²) in [6, 6.07) is 0. The summed E-state index contributed by atoms with van der Waals surface area (Å²) in [6.45, 7) is 1.38. The highest BCUT2D eigenvalue weighted by Crippen LogP contribution is 1.65. The van der Waals surface area contributed by atoms with Gasteiger partial charge in [-0.2, -0.15) is 0 Å². The van der Waals surface area contributed by atoms with E-state index >= 15 is 0 Å². The number of hydrogen-bond donors (Lipinski definition) is 0. The second-order valence-corrected chi connectivity index (χ2v) is 0.986. The normalized spacial score (nSPS) is 7.71. The SMILES string of the molecule is COCCOC.[AlH3]. The third-order valence-electron chi connectivity index (χ3n) is 0.492. The van der Waals surface area contributed by atoms with E-state index in [1.54, 1.807) is 14.2 Å². The molecule has 2 nitrogen and oxygen atoms in total. The van der Waals surface area contributed by atoms with Crippen LogP contribution < -0.4 is 0 Å². The van der Waals surface area contributed by atoms with Crippen LogP contribution in [0.1, 0.15) is 0 Å². The Morgan fingerprint density at radius 2 is 1.29 bits per heavy atom. The Labute approximate surface area is 54.9 Å². The van der Waals surface area contributed by atoms with Gasteiger partial charge in [0.25, 0.3) is 0 Å². The molecule has 0 aliphatic heterocycles. The van der Waals surface area contributed by atoms with Crippen LogP contribution in [0.15, 0.2) is 0 Å². The highest BCUT2D eigenvalue weighted by Gasteiger charge is 1.73. The number of ether oxygens (including phenoxy) is 2. The predicted octanol–water partition coefficient (Wildman–Crippen LogP) is -0.905. The molecular weight excluding hydrogens is 107 g/mol. The van der Waals surface area contributed by atoms with Crippen LogP contribution in [-0.2, 0) is 9.47 Å². The van der Waals surface area contributed by atoms with Gasteiger partial charge in [-0.1, -0.05) is 0 Å². The Balaban J connectivity index is 0. The summed E-state index contributed by atoms with van der Waals surface area (Å²) in [5.41, 5.74) is 0. The van der Waals surface area contributed by atoms with Gasteiger partial charge < -0.3 is 9.47 Å². The van der Waals surface area contributed by atoms with Crippen molar-refractivity contribution in [3.05, 3.63) is 0 Å². The zero-order valence-corrected chi connectivity index (χ0v) is 4.23. The molecule has 0 aliphatic carbocycles. The van der Waals surface area contributed by atoms with Crippen molar-refractivity contribution in [3.8, 4) is 0 Å². The summed E-state index contributed by atoms with van der Waals surface area (Å²) >= 11 is 0. The maximum atomic E-state index is 4.66. The highest BCUT2D eigenvalue weighted by atomic mass is 27.0. The molecule has 0 spiro atoms. The van der Waals surface area contributed by atoms with E-state index < -0.39 is 0 Å². The summed E-state index contributed by atoms with van der Waals surface area (Å²) < 4.78 is 9.31. The van der Waals surface area contributed by atoms with Crippen molar-refractivity contribution < 1.29 is 9.47 Å². The molecule has 0 aliphatic rings. The van der Waals surface area contributed by atoms with Crippen LogP contribution in [0.5, 0.6) is 0 Å². The number of methoxy groups -OCH3 is 2. The lowest BCUT2D eigenvalue weighted by Crippen LogP contribution is -1.96. The zero-order chi connectivity index (χ0) is 4.83. The molecule has 0 bridgehead atoms. The average Bonchev–Trinajstić information content (AvgIpc) is 1.61. The van der Waals surface area contributed by atoms with Crippen LogP contribution in [0.2, 0.25) is 0 Å². The van der Waals surface area contributed by atoms with Crippen molar-refractivity contribution in [2.45, 2.75) is 0 Å². The van der Waals surface area contributed by atoms with Crippen molar-refractivity contribution in [2.24, 2.45) is 0 Å². The van der Waals surface area contributed by atoms with Crippen LogP contribution in [0.4, 0.5) is 0 Å². The Hall–Kier alpha value is 0.452. The first-order valence-corrected chi connectivity index (χ1v) is 1.89. The molecule has 0 aromatic heterocycles. The molecule has 0 saturated heterocycles. The van der Waals surface area contributed by atoms with Crippen LogP contribution in [0.3, 0.4) is 0 Å². The molecule has 0 amide bonds. The third kappa shape index (κ3) is 10.7. The molecule has 0 aromatic rings. The van der Waals surface area contributed by atoms with Gasteiger partial charge in [-0.3, -0.25) is 0 Å². The Kier molecular flexibility index (Phi) is 14.4. The second-order valence-electron chi connectivity index (χ2n) is 0.986. The topological polar surface area (TPSA) is 18.5 Å². The van der Waals surface area contributed by atoms with Gasteiger partial charge >= 0.3 is 0 Å². The summed E-state index contributed by atoms with van der Waals surface area (Å²) in [7, 11) is 3.30. The first-order chi connectivity index (χ1) is 2.91. The molecule has 0 saturated carbocycles. The molecule has 0 N–H and O–H groups in total. The van der Waals surface area contributed by atoms with E-state index in [1.807, 2.05) is 0 Å². The molecule has 0 unspecified atom stereocenters. The minimum Gasteiger partial charge on any atom is -0.382 e. The first kappa shape index (κ1) is 10.4. The van der Waals surface area contributed by atoms with Crippen molar-refractivity contribution >= 4 is 17.4 Å². The summed E-state index contributed by atoms with van der Waals surface area (Å²) in [6.07, 6.45) is 0. The first-order valence-electron chi connectivity index (χ1n) is 1.89. The molecule has 44 valence electrons. The van der Waals surface area contributed by atoms with Crippen molar-refractivity contribution in [2.75, 3.05) is 27.4 Å². The van der Waals surface area contributed by atoms with E-state index in [0.29, 0.717) is 13.2 Å². The van der Waals surface area contributed by atoms with Crippen molar-refractivity contribution in [1.82, 2.24) is 0 Å². The van der Waals surface area contributed by atoms with Gasteiger partial charge in [0, 0.05) is 14.2 Å². The minimum atomic E-state index is 0. The fourth-order valence-corrected chi connectivity index (χ4v) is 0.167. The molecular formula is C4H13AlO2. The minimum absolute atomic E-state index is 0. The molecule has 7 heavy (non-hydrogen) atoms. The van der Waals surface area contributed by atoms with Crippen LogP contribution in [0, 0.1) is 0 Å². The fourth-order valence-electron chi connectivity index (χ4n) is 0.167. The standard InChI is InChI=1S/C4H10O2.Al.3H/c1-5-3-4-6-2;;;;/h3-4H2,1-2H3;;;;. The van der Waals surface area contributed by atoms with Gasteiger partial charge in [-0.15, -0.1) is 0 Å². The third-order valence-corrected chi connectivity index (χ3v) is 0.492. The van der Waals surface area contributed by atoms with Gasteiger partial charge in [0.15, 0.2) is 17.4 Å². The largest absolute Gasteiger partial charge is 0.382 e. The lowest BCUT2D eigenvalue weighted by molar-refractivity contribution is 0.103. The second kappa shape index (κ2) is 9.68. The molecule has 0 radical (unpaired) electrons. The lowest BCUT2D eigenvalue weighted by atomic mass is 10.8. The fraction of sp³-hybridized carbons (Fsp3) is 1.00. The van der Waals surface area contributed by atoms with Crippen molar-refractivity contribution in [3.63, 3.8) is 0 Å². The van der Waals surface area contributed by atoms with Gasteiger partial charge in [0.05, 0.1) is 13.2 Å². The van der Waals surface area contributed by atoms with Gasteiger partial charge in [-0.05, 0) is 0 Å². The van der Waals surface area contributed by atoms with Gasteiger partial charge in [0.1, 0.15) is 0 Å². The molecule has 0 heterocycles. The van der Waals surface area contributed by atoms with E-state index in [0.717, 1.165) is 0 Å². The summed E-state index contributed by atoms with van der Waals surface area (Å²) in [5.74, 6) is 0. The van der Waals surface area contributed by atoms with Gasteiger partial charge in [0.2, 0.25) is 0 Å². The molecule has 0 rings (SSSR count). The van der Waals surface area contributed by atoms with E-state index in [4.69, 9.17) is 0 Å². The molecule has 0 atom stereocenters. The van der Waals surface area contributed by atoms with E-state index in [-0.39, 0.29) is 17.4 Å². The Morgan fingerprint density at radius 1 is 1.00 bits per heavy atom. The summed E-state index contributed by atoms with van der Waals surface area (Å²) in [5, 5.41) is 0. The zero-order valence-electron chi connectivity index (χ0n) is 4.23. The van der Waals surface area contributed by atoms with Crippen LogP contribution >= 0.6 is 0 Å². The Morgan fingerprint density at radius 3 is 1.43 bits per heavy atom.